The third kappa shape index (κ3) is 3.33. The van der Waals surface area contributed by atoms with Crippen LogP contribution in [-0.4, -0.2) is 32.8 Å². The van der Waals surface area contributed by atoms with Crippen molar-refractivity contribution in [2.45, 2.75) is 20.3 Å². The standard InChI is InChI=1S/C19H23ClN6/c1-12-7-13(2)11-26(10-12)19-23-17(16-9-21-25(3)18(16)24-19)22-15-6-4-5-14(20)8-15/h4-6,8-9,12-13H,7,10-11H2,1-3H3,(H,22,23,24)/t12-,13-/m1/s1. The number of nitrogens with zero attached hydrogens (tertiary/aromatic N) is 5. The molecule has 1 aliphatic heterocycles. The fourth-order valence-electron chi connectivity index (χ4n) is 3.78. The normalized spacial score (nSPS) is 20.5. The monoisotopic (exact) mass is 370 g/mol. The van der Waals surface area contributed by atoms with Gasteiger partial charge in [0.1, 0.15) is 5.82 Å². The molecule has 136 valence electrons. The zero-order valence-electron chi connectivity index (χ0n) is 15.3. The van der Waals surface area contributed by atoms with Crippen LogP contribution in [0.3, 0.4) is 0 Å². The molecule has 2 atom stereocenters. The molecule has 3 aromatic rings. The molecule has 0 unspecified atom stereocenters. The van der Waals surface area contributed by atoms with Gasteiger partial charge in [0.2, 0.25) is 5.95 Å². The minimum Gasteiger partial charge on any atom is -0.340 e. The summed E-state index contributed by atoms with van der Waals surface area (Å²) in [5.41, 5.74) is 1.72. The fourth-order valence-corrected chi connectivity index (χ4v) is 3.97. The lowest BCUT2D eigenvalue weighted by molar-refractivity contribution is 0.354. The molecule has 0 radical (unpaired) electrons. The molecule has 7 heteroatoms. The Balaban J connectivity index is 1.76. The molecule has 26 heavy (non-hydrogen) atoms. The number of nitrogens with one attached hydrogen (secondary N) is 1. The SMILES string of the molecule is C[C@@H]1C[C@@H](C)CN(c2nc(Nc3cccc(Cl)c3)c3cnn(C)c3n2)C1. The van der Waals surface area contributed by atoms with Gasteiger partial charge < -0.3 is 10.2 Å². The van der Waals surface area contributed by atoms with E-state index in [-0.39, 0.29) is 0 Å². The van der Waals surface area contributed by atoms with Crippen LogP contribution in [0.2, 0.25) is 5.02 Å². The zero-order valence-corrected chi connectivity index (χ0v) is 16.0. The maximum atomic E-state index is 6.12. The van der Waals surface area contributed by atoms with Crippen molar-refractivity contribution in [2.24, 2.45) is 18.9 Å². The van der Waals surface area contributed by atoms with Gasteiger partial charge in [0.05, 0.1) is 11.6 Å². The quantitative estimate of drug-likeness (QED) is 0.747. The summed E-state index contributed by atoms with van der Waals surface area (Å²) in [5.74, 6) is 2.78. The predicted octanol–water partition coefficient (Wildman–Crippen LogP) is 4.24. The topological polar surface area (TPSA) is 58.9 Å². The van der Waals surface area contributed by atoms with Gasteiger partial charge >= 0.3 is 0 Å². The van der Waals surface area contributed by atoms with E-state index in [1.807, 2.05) is 31.3 Å². The van der Waals surface area contributed by atoms with Gasteiger partial charge in [-0.3, -0.25) is 4.68 Å². The highest BCUT2D eigenvalue weighted by molar-refractivity contribution is 6.30. The van der Waals surface area contributed by atoms with Crippen molar-refractivity contribution in [1.29, 1.82) is 0 Å². The van der Waals surface area contributed by atoms with Gasteiger partial charge in [-0.2, -0.15) is 15.1 Å². The van der Waals surface area contributed by atoms with E-state index in [0.29, 0.717) is 16.9 Å². The van der Waals surface area contributed by atoms with E-state index in [9.17, 15) is 0 Å². The molecule has 2 aromatic heterocycles. The maximum Gasteiger partial charge on any atom is 0.229 e. The number of benzene rings is 1. The molecule has 0 saturated carbocycles. The molecule has 1 fully saturated rings. The molecule has 1 saturated heterocycles. The number of halogens is 1. The van der Waals surface area contributed by atoms with Crippen molar-refractivity contribution in [3.05, 3.63) is 35.5 Å². The van der Waals surface area contributed by atoms with Gasteiger partial charge in [-0.15, -0.1) is 0 Å². The number of rotatable bonds is 3. The Kier molecular flexibility index (Phi) is 4.44. The summed E-state index contributed by atoms with van der Waals surface area (Å²) in [6, 6.07) is 7.63. The average molecular weight is 371 g/mol. The molecule has 0 amide bonds. The molecule has 1 aliphatic rings. The Bertz CT molecular complexity index is 927. The number of hydrogen-bond donors (Lipinski definition) is 1. The molecule has 0 spiro atoms. The lowest BCUT2D eigenvalue weighted by atomic mass is 9.92. The van der Waals surface area contributed by atoms with E-state index in [4.69, 9.17) is 21.6 Å². The summed E-state index contributed by atoms with van der Waals surface area (Å²) in [4.78, 5) is 11.9. The first-order valence-electron chi connectivity index (χ1n) is 8.97. The second kappa shape index (κ2) is 6.76. The molecule has 3 heterocycles. The van der Waals surface area contributed by atoms with Crippen LogP contribution in [0.4, 0.5) is 17.5 Å². The first-order chi connectivity index (χ1) is 12.5. The summed E-state index contributed by atoms with van der Waals surface area (Å²) in [6.07, 6.45) is 3.05. The van der Waals surface area contributed by atoms with E-state index < -0.39 is 0 Å². The van der Waals surface area contributed by atoms with Crippen LogP contribution in [-0.2, 0) is 7.05 Å². The van der Waals surface area contributed by atoms with E-state index in [2.05, 4.69) is 29.2 Å². The Labute approximate surface area is 158 Å². The zero-order chi connectivity index (χ0) is 18.3. The Hall–Kier alpha value is -2.34. The highest BCUT2D eigenvalue weighted by Crippen LogP contribution is 2.30. The minimum atomic E-state index is 0.633. The average Bonchev–Trinajstić information content (AvgIpc) is 2.96. The van der Waals surface area contributed by atoms with Crippen molar-refractivity contribution in [1.82, 2.24) is 19.7 Å². The molecule has 1 aromatic carbocycles. The lowest BCUT2D eigenvalue weighted by Gasteiger charge is -2.35. The number of hydrogen-bond acceptors (Lipinski definition) is 5. The molecular weight excluding hydrogens is 348 g/mol. The Morgan fingerprint density at radius 1 is 1.15 bits per heavy atom. The molecule has 0 aliphatic carbocycles. The minimum absolute atomic E-state index is 0.633. The summed E-state index contributed by atoms with van der Waals surface area (Å²) in [5, 5.41) is 9.33. The number of aromatic nitrogens is 4. The summed E-state index contributed by atoms with van der Waals surface area (Å²) in [7, 11) is 1.91. The van der Waals surface area contributed by atoms with Gasteiger partial charge in [-0.05, 0) is 36.5 Å². The van der Waals surface area contributed by atoms with Crippen LogP contribution < -0.4 is 10.2 Å². The van der Waals surface area contributed by atoms with E-state index in [0.717, 1.165) is 41.6 Å². The van der Waals surface area contributed by atoms with E-state index in [1.165, 1.54) is 6.42 Å². The van der Waals surface area contributed by atoms with Crippen LogP contribution in [0.15, 0.2) is 30.5 Å². The maximum absolute atomic E-state index is 6.12. The largest absolute Gasteiger partial charge is 0.340 e. The van der Waals surface area contributed by atoms with Crippen LogP contribution >= 0.6 is 11.6 Å². The third-order valence-corrected chi connectivity index (χ3v) is 5.05. The predicted molar refractivity (Wildman–Crippen MR) is 106 cm³/mol. The first kappa shape index (κ1) is 17.1. The van der Waals surface area contributed by atoms with Crippen LogP contribution in [0, 0.1) is 11.8 Å². The summed E-state index contributed by atoms with van der Waals surface area (Å²) >= 11 is 6.12. The van der Waals surface area contributed by atoms with Crippen molar-refractivity contribution >= 4 is 40.1 Å². The highest BCUT2D eigenvalue weighted by Gasteiger charge is 2.25. The van der Waals surface area contributed by atoms with Crippen molar-refractivity contribution in [3.63, 3.8) is 0 Å². The second-order valence-corrected chi connectivity index (χ2v) is 7.80. The van der Waals surface area contributed by atoms with E-state index in [1.54, 1.807) is 10.9 Å². The smallest absolute Gasteiger partial charge is 0.229 e. The van der Waals surface area contributed by atoms with Crippen molar-refractivity contribution < 1.29 is 0 Å². The molecule has 0 bridgehead atoms. The first-order valence-corrected chi connectivity index (χ1v) is 9.34. The van der Waals surface area contributed by atoms with Crippen LogP contribution in [0.1, 0.15) is 20.3 Å². The summed E-state index contributed by atoms with van der Waals surface area (Å²) in [6.45, 7) is 6.53. The van der Waals surface area contributed by atoms with Gasteiger partial charge in [0, 0.05) is 30.8 Å². The second-order valence-electron chi connectivity index (χ2n) is 7.36. The van der Waals surface area contributed by atoms with E-state index >= 15 is 0 Å². The molecule has 6 nitrogen and oxygen atoms in total. The van der Waals surface area contributed by atoms with Gasteiger partial charge in [0.25, 0.3) is 0 Å². The Morgan fingerprint density at radius 3 is 2.65 bits per heavy atom. The van der Waals surface area contributed by atoms with Crippen molar-refractivity contribution in [2.75, 3.05) is 23.3 Å². The highest BCUT2D eigenvalue weighted by atomic mass is 35.5. The molecule has 1 N–H and O–H groups in total. The Morgan fingerprint density at radius 2 is 1.92 bits per heavy atom. The molecule has 4 rings (SSSR count). The van der Waals surface area contributed by atoms with Crippen LogP contribution in [0.5, 0.6) is 0 Å². The summed E-state index contributed by atoms with van der Waals surface area (Å²) < 4.78 is 1.79. The lowest BCUT2D eigenvalue weighted by Crippen LogP contribution is -2.39. The number of piperidine rings is 1. The number of aryl methyl sites for hydroxylation is 1. The number of fused-ring (bicyclic) bond motifs is 1. The van der Waals surface area contributed by atoms with Crippen molar-refractivity contribution in [3.8, 4) is 0 Å². The van der Waals surface area contributed by atoms with Gasteiger partial charge in [0.15, 0.2) is 5.65 Å². The van der Waals surface area contributed by atoms with Gasteiger partial charge in [-0.1, -0.05) is 31.5 Å². The van der Waals surface area contributed by atoms with Gasteiger partial charge in [-0.25, -0.2) is 0 Å². The number of anilines is 3. The fraction of sp³-hybridized carbons (Fsp3) is 0.421. The van der Waals surface area contributed by atoms with Crippen LogP contribution in [0.25, 0.3) is 11.0 Å². The third-order valence-electron chi connectivity index (χ3n) is 4.82. The molecular formula is C19H23ClN6.